The lowest BCUT2D eigenvalue weighted by atomic mass is 10.1. The topological polar surface area (TPSA) is 70.1 Å². The predicted octanol–water partition coefficient (Wildman–Crippen LogP) is 1.96. The lowest BCUT2D eigenvalue weighted by Gasteiger charge is -2.18. The maximum atomic E-state index is 12.0. The Hall–Kier alpha value is -2.14. The summed E-state index contributed by atoms with van der Waals surface area (Å²) >= 11 is 0. The molecule has 2 N–H and O–H groups in total. The molecule has 0 radical (unpaired) electrons. The highest BCUT2D eigenvalue weighted by Gasteiger charge is 2.14. The van der Waals surface area contributed by atoms with Gasteiger partial charge >= 0.3 is 5.69 Å². The van der Waals surface area contributed by atoms with Crippen molar-refractivity contribution in [2.75, 3.05) is 6.61 Å². The number of ether oxygens (including phenoxy) is 1. The number of rotatable bonds is 5. The van der Waals surface area contributed by atoms with Gasteiger partial charge < -0.3 is 10.5 Å². The Bertz CT molecular complexity index is 679. The van der Waals surface area contributed by atoms with Crippen LogP contribution in [0.4, 0.5) is 0 Å². The van der Waals surface area contributed by atoms with Crippen LogP contribution in [0.3, 0.4) is 0 Å². The van der Waals surface area contributed by atoms with E-state index in [0.29, 0.717) is 13.2 Å². The van der Waals surface area contributed by atoms with E-state index in [1.165, 1.54) is 0 Å². The molecular formula is C16H21N3O2. The molecule has 1 heterocycles. The van der Waals surface area contributed by atoms with E-state index >= 15 is 0 Å². The summed E-state index contributed by atoms with van der Waals surface area (Å²) in [4.78, 5) is 16.0. The SMILES string of the molecule is CCOc1ccccc1C(N)Cn1c(C)cc(C)nc1=O. The van der Waals surface area contributed by atoms with E-state index in [1.54, 1.807) is 4.57 Å². The van der Waals surface area contributed by atoms with E-state index in [1.807, 2.05) is 51.1 Å². The molecular weight excluding hydrogens is 266 g/mol. The van der Waals surface area contributed by atoms with Crippen molar-refractivity contribution in [1.82, 2.24) is 9.55 Å². The van der Waals surface area contributed by atoms with Crippen molar-refractivity contribution in [2.45, 2.75) is 33.4 Å². The first-order valence-corrected chi connectivity index (χ1v) is 7.05. The minimum atomic E-state index is -0.325. The molecule has 0 aliphatic rings. The van der Waals surface area contributed by atoms with Gasteiger partial charge in [0.15, 0.2) is 0 Å². The van der Waals surface area contributed by atoms with Crippen LogP contribution in [0.15, 0.2) is 35.1 Å². The fraction of sp³-hybridized carbons (Fsp3) is 0.375. The van der Waals surface area contributed by atoms with Crippen LogP contribution >= 0.6 is 0 Å². The summed E-state index contributed by atoms with van der Waals surface area (Å²) in [5.74, 6) is 0.762. The molecule has 2 rings (SSSR count). The zero-order valence-electron chi connectivity index (χ0n) is 12.7. The molecule has 21 heavy (non-hydrogen) atoms. The monoisotopic (exact) mass is 287 g/mol. The van der Waals surface area contributed by atoms with Crippen molar-refractivity contribution in [3.63, 3.8) is 0 Å². The van der Waals surface area contributed by atoms with Gasteiger partial charge in [-0.3, -0.25) is 4.57 Å². The molecule has 0 bridgehead atoms. The van der Waals surface area contributed by atoms with Gasteiger partial charge in [-0.15, -0.1) is 0 Å². The standard InChI is InChI=1S/C16H21N3O2/c1-4-21-15-8-6-5-7-13(15)14(17)10-19-12(3)9-11(2)18-16(19)20/h5-9,14H,4,10,17H2,1-3H3. The molecule has 1 aromatic heterocycles. The number of hydrogen-bond donors (Lipinski definition) is 1. The van der Waals surface area contributed by atoms with Crippen molar-refractivity contribution in [3.8, 4) is 5.75 Å². The minimum absolute atomic E-state index is 0.267. The molecule has 0 saturated heterocycles. The Balaban J connectivity index is 2.31. The highest BCUT2D eigenvalue weighted by atomic mass is 16.5. The Morgan fingerprint density at radius 1 is 1.33 bits per heavy atom. The van der Waals surface area contributed by atoms with Crippen LogP contribution in [0.5, 0.6) is 5.75 Å². The molecule has 0 aliphatic carbocycles. The van der Waals surface area contributed by atoms with Crippen LogP contribution in [0.1, 0.15) is 29.9 Å². The number of aryl methyl sites for hydroxylation is 2. The van der Waals surface area contributed by atoms with Crippen molar-refractivity contribution in [1.29, 1.82) is 0 Å². The quantitative estimate of drug-likeness (QED) is 0.912. The van der Waals surface area contributed by atoms with Gasteiger partial charge in [-0.25, -0.2) is 4.79 Å². The second-order valence-corrected chi connectivity index (χ2v) is 5.01. The highest BCUT2D eigenvalue weighted by molar-refractivity contribution is 5.35. The summed E-state index contributed by atoms with van der Waals surface area (Å²) in [6.45, 7) is 6.58. The first kappa shape index (κ1) is 15.3. The third-order valence-corrected chi connectivity index (χ3v) is 3.34. The number of para-hydroxylation sites is 1. The maximum absolute atomic E-state index is 12.0. The predicted molar refractivity (Wildman–Crippen MR) is 82.5 cm³/mol. The summed E-state index contributed by atoms with van der Waals surface area (Å²) in [7, 11) is 0. The van der Waals surface area contributed by atoms with Gasteiger partial charge in [-0.05, 0) is 32.9 Å². The van der Waals surface area contributed by atoms with Gasteiger partial charge in [-0.2, -0.15) is 4.98 Å². The molecule has 1 atom stereocenters. The first-order chi connectivity index (χ1) is 10.0. The fourth-order valence-electron chi connectivity index (χ4n) is 2.37. The van der Waals surface area contributed by atoms with E-state index in [9.17, 15) is 4.79 Å². The summed E-state index contributed by atoms with van der Waals surface area (Å²) in [6.07, 6.45) is 0. The molecule has 112 valence electrons. The Morgan fingerprint density at radius 3 is 2.71 bits per heavy atom. The smallest absolute Gasteiger partial charge is 0.348 e. The maximum Gasteiger partial charge on any atom is 0.348 e. The summed E-state index contributed by atoms with van der Waals surface area (Å²) < 4.78 is 7.19. The summed E-state index contributed by atoms with van der Waals surface area (Å²) in [6, 6.07) is 9.20. The molecule has 1 unspecified atom stereocenters. The molecule has 0 spiro atoms. The molecule has 0 saturated carbocycles. The minimum Gasteiger partial charge on any atom is -0.494 e. The lowest BCUT2D eigenvalue weighted by Crippen LogP contribution is -2.30. The Morgan fingerprint density at radius 2 is 2.05 bits per heavy atom. The van der Waals surface area contributed by atoms with Gasteiger partial charge in [-0.1, -0.05) is 18.2 Å². The normalized spacial score (nSPS) is 12.2. The fourth-order valence-corrected chi connectivity index (χ4v) is 2.37. The number of nitrogens with two attached hydrogens (primary N) is 1. The average molecular weight is 287 g/mol. The number of benzene rings is 1. The summed E-state index contributed by atoms with van der Waals surface area (Å²) in [5, 5.41) is 0. The largest absolute Gasteiger partial charge is 0.494 e. The van der Waals surface area contributed by atoms with Crippen molar-refractivity contribution >= 4 is 0 Å². The van der Waals surface area contributed by atoms with Crippen molar-refractivity contribution in [2.24, 2.45) is 5.73 Å². The van der Waals surface area contributed by atoms with Gasteiger partial charge in [0.05, 0.1) is 12.6 Å². The van der Waals surface area contributed by atoms with Crippen LogP contribution in [-0.2, 0) is 6.54 Å². The second-order valence-electron chi connectivity index (χ2n) is 5.01. The highest BCUT2D eigenvalue weighted by Crippen LogP contribution is 2.24. The molecule has 5 nitrogen and oxygen atoms in total. The van der Waals surface area contributed by atoms with E-state index in [2.05, 4.69) is 4.98 Å². The van der Waals surface area contributed by atoms with Crippen LogP contribution < -0.4 is 16.2 Å². The molecule has 0 amide bonds. The van der Waals surface area contributed by atoms with Crippen molar-refractivity contribution in [3.05, 3.63) is 57.8 Å². The van der Waals surface area contributed by atoms with Gasteiger partial charge in [0, 0.05) is 23.5 Å². The first-order valence-electron chi connectivity index (χ1n) is 7.05. The molecule has 0 fully saturated rings. The van der Waals surface area contributed by atoms with Crippen LogP contribution in [0.25, 0.3) is 0 Å². The molecule has 1 aromatic carbocycles. The van der Waals surface area contributed by atoms with Gasteiger partial charge in [0.1, 0.15) is 5.75 Å². The Labute approximate surface area is 124 Å². The van der Waals surface area contributed by atoms with Crippen molar-refractivity contribution < 1.29 is 4.74 Å². The van der Waals surface area contributed by atoms with Gasteiger partial charge in [0.2, 0.25) is 0 Å². The second kappa shape index (κ2) is 6.54. The van der Waals surface area contributed by atoms with E-state index < -0.39 is 0 Å². The third-order valence-electron chi connectivity index (χ3n) is 3.34. The number of hydrogen-bond acceptors (Lipinski definition) is 4. The zero-order valence-corrected chi connectivity index (χ0v) is 12.7. The zero-order chi connectivity index (χ0) is 15.4. The number of nitrogens with zero attached hydrogens (tertiary/aromatic N) is 2. The average Bonchev–Trinajstić information content (AvgIpc) is 2.43. The van der Waals surface area contributed by atoms with Crippen LogP contribution in [-0.4, -0.2) is 16.2 Å². The van der Waals surface area contributed by atoms with Crippen LogP contribution in [0.2, 0.25) is 0 Å². The summed E-state index contributed by atoms with van der Waals surface area (Å²) in [5.41, 5.74) is 8.47. The third kappa shape index (κ3) is 3.49. The van der Waals surface area contributed by atoms with E-state index in [-0.39, 0.29) is 11.7 Å². The molecule has 5 heteroatoms. The molecule has 2 aromatic rings. The Kier molecular flexibility index (Phi) is 4.75. The van der Waals surface area contributed by atoms with E-state index in [0.717, 1.165) is 22.7 Å². The van der Waals surface area contributed by atoms with E-state index in [4.69, 9.17) is 10.5 Å². The lowest BCUT2D eigenvalue weighted by molar-refractivity contribution is 0.332. The van der Waals surface area contributed by atoms with Gasteiger partial charge in [0.25, 0.3) is 0 Å². The molecule has 0 aliphatic heterocycles. The number of aromatic nitrogens is 2. The van der Waals surface area contributed by atoms with Crippen LogP contribution in [0, 0.1) is 13.8 Å².